The van der Waals surface area contributed by atoms with Crippen LogP contribution in [0.4, 0.5) is 5.13 Å². The second kappa shape index (κ2) is 8.50. The first-order valence-corrected chi connectivity index (χ1v) is 11.0. The molecule has 2 aromatic carbocycles. The molecule has 3 aromatic rings. The number of amides is 1. The molecule has 4 rings (SSSR count). The molecule has 0 bridgehead atoms. The Morgan fingerprint density at radius 1 is 1.07 bits per heavy atom. The molecule has 0 unspecified atom stereocenters. The highest BCUT2D eigenvalue weighted by Crippen LogP contribution is 2.30. The number of thiazole rings is 1. The lowest BCUT2D eigenvalue weighted by molar-refractivity contribution is -0.131. The number of benzene rings is 2. The van der Waals surface area contributed by atoms with E-state index in [0.717, 1.165) is 60.3 Å². The van der Waals surface area contributed by atoms with Gasteiger partial charge in [-0.05, 0) is 48.2 Å². The lowest BCUT2D eigenvalue weighted by atomic mass is 10.1. The van der Waals surface area contributed by atoms with Crippen LogP contribution in [-0.4, -0.2) is 42.0 Å². The van der Waals surface area contributed by atoms with Gasteiger partial charge in [0.1, 0.15) is 0 Å². The summed E-state index contributed by atoms with van der Waals surface area (Å²) in [5.74, 6) is 0.228. The summed E-state index contributed by atoms with van der Waals surface area (Å²) < 4.78 is 1.25. The van der Waals surface area contributed by atoms with Gasteiger partial charge in [-0.2, -0.15) is 0 Å². The summed E-state index contributed by atoms with van der Waals surface area (Å²) in [4.78, 5) is 21.6. The van der Waals surface area contributed by atoms with E-state index in [-0.39, 0.29) is 5.91 Å². The number of hydrogen-bond donors (Lipinski definition) is 0. The van der Waals surface area contributed by atoms with Gasteiger partial charge in [0.2, 0.25) is 5.91 Å². The number of aromatic nitrogens is 1. The SMILES string of the molecule is CCc1ccc2nc(N3CCN(C(=O)CCc4ccc(Cl)cc4)CC3)sc2c1. The topological polar surface area (TPSA) is 36.4 Å². The summed E-state index contributed by atoms with van der Waals surface area (Å²) >= 11 is 7.67. The first kappa shape index (κ1) is 19.2. The number of halogens is 1. The molecule has 1 fully saturated rings. The van der Waals surface area contributed by atoms with E-state index in [1.165, 1.54) is 10.3 Å². The quantitative estimate of drug-likeness (QED) is 0.603. The van der Waals surface area contributed by atoms with Crippen molar-refractivity contribution in [1.29, 1.82) is 0 Å². The largest absolute Gasteiger partial charge is 0.345 e. The van der Waals surface area contributed by atoms with Crippen molar-refractivity contribution in [3.8, 4) is 0 Å². The molecule has 1 saturated heterocycles. The molecule has 0 aliphatic carbocycles. The molecule has 0 atom stereocenters. The third-order valence-corrected chi connectivity index (χ3v) is 6.62. The van der Waals surface area contributed by atoms with Crippen molar-refractivity contribution >= 4 is 44.2 Å². The number of piperazine rings is 1. The maximum atomic E-state index is 12.6. The molecule has 0 spiro atoms. The smallest absolute Gasteiger partial charge is 0.223 e. The van der Waals surface area contributed by atoms with Crippen molar-refractivity contribution in [1.82, 2.24) is 9.88 Å². The summed E-state index contributed by atoms with van der Waals surface area (Å²) in [7, 11) is 0. The van der Waals surface area contributed by atoms with Crippen LogP contribution in [0, 0.1) is 0 Å². The molecule has 2 heterocycles. The minimum Gasteiger partial charge on any atom is -0.345 e. The molecule has 0 radical (unpaired) electrons. The zero-order valence-corrected chi connectivity index (χ0v) is 17.6. The molecule has 146 valence electrons. The lowest BCUT2D eigenvalue weighted by Gasteiger charge is -2.34. The zero-order valence-electron chi connectivity index (χ0n) is 16.0. The molecule has 1 amide bonds. The van der Waals surface area contributed by atoms with Crippen LogP contribution in [0.2, 0.25) is 5.02 Å². The average Bonchev–Trinajstić information content (AvgIpc) is 3.16. The van der Waals surface area contributed by atoms with Gasteiger partial charge in [-0.1, -0.05) is 48.1 Å². The normalized spacial score (nSPS) is 14.6. The van der Waals surface area contributed by atoms with Crippen molar-refractivity contribution in [2.75, 3.05) is 31.1 Å². The van der Waals surface area contributed by atoms with Gasteiger partial charge in [0.15, 0.2) is 5.13 Å². The fourth-order valence-corrected chi connectivity index (χ4v) is 4.73. The second-order valence-corrected chi connectivity index (χ2v) is 8.59. The fraction of sp³-hybridized carbons (Fsp3) is 0.364. The fourth-order valence-electron chi connectivity index (χ4n) is 3.52. The van der Waals surface area contributed by atoms with Crippen LogP contribution in [0.5, 0.6) is 0 Å². The van der Waals surface area contributed by atoms with Crippen molar-refractivity contribution in [3.63, 3.8) is 0 Å². The van der Waals surface area contributed by atoms with Crippen molar-refractivity contribution in [2.45, 2.75) is 26.2 Å². The number of anilines is 1. The van der Waals surface area contributed by atoms with Gasteiger partial charge in [-0.3, -0.25) is 4.79 Å². The number of nitrogens with zero attached hydrogens (tertiary/aromatic N) is 3. The highest BCUT2D eigenvalue weighted by Gasteiger charge is 2.23. The number of carbonyl (C=O) groups is 1. The van der Waals surface area contributed by atoms with Crippen LogP contribution >= 0.6 is 22.9 Å². The molecule has 0 N–H and O–H groups in total. The Hall–Kier alpha value is -2.11. The third-order valence-electron chi connectivity index (χ3n) is 5.29. The van der Waals surface area contributed by atoms with E-state index in [4.69, 9.17) is 16.6 Å². The molecular formula is C22H24ClN3OS. The molecule has 28 heavy (non-hydrogen) atoms. The molecule has 1 aliphatic heterocycles. The van der Waals surface area contributed by atoms with Gasteiger partial charge >= 0.3 is 0 Å². The number of rotatable bonds is 5. The van der Waals surface area contributed by atoms with E-state index in [1.54, 1.807) is 11.3 Å². The predicted octanol–water partition coefficient (Wildman–Crippen LogP) is 4.79. The lowest BCUT2D eigenvalue weighted by Crippen LogP contribution is -2.48. The van der Waals surface area contributed by atoms with Crippen LogP contribution in [-0.2, 0) is 17.6 Å². The Balaban J connectivity index is 1.32. The van der Waals surface area contributed by atoms with Crippen molar-refractivity contribution in [3.05, 3.63) is 58.6 Å². The Morgan fingerprint density at radius 2 is 1.79 bits per heavy atom. The molecule has 4 nitrogen and oxygen atoms in total. The Labute approximate surface area is 174 Å². The average molecular weight is 414 g/mol. The van der Waals surface area contributed by atoms with Gasteiger partial charge in [-0.25, -0.2) is 4.98 Å². The number of fused-ring (bicyclic) bond motifs is 1. The van der Waals surface area contributed by atoms with Gasteiger partial charge in [0.25, 0.3) is 0 Å². The number of carbonyl (C=O) groups excluding carboxylic acids is 1. The van der Waals surface area contributed by atoms with Gasteiger partial charge in [0.05, 0.1) is 10.2 Å². The van der Waals surface area contributed by atoms with Crippen LogP contribution in [0.15, 0.2) is 42.5 Å². The van der Waals surface area contributed by atoms with E-state index in [1.807, 2.05) is 29.2 Å². The molecular weight excluding hydrogens is 390 g/mol. The van der Waals surface area contributed by atoms with Crippen molar-refractivity contribution < 1.29 is 4.79 Å². The standard InChI is InChI=1S/C22H24ClN3OS/c1-2-16-5-9-19-20(15-16)28-22(24-19)26-13-11-25(12-14-26)21(27)10-6-17-3-7-18(23)8-4-17/h3-5,7-9,15H,2,6,10-14H2,1H3. The summed E-state index contributed by atoms with van der Waals surface area (Å²) in [5.41, 5.74) is 3.56. The monoisotopic (exact) mass is 413 g/mol. The summed E-state index contributed by atoms with van der Waals surface area (Å²) in [6.45, 7) is 5.37. The van der Waals surface area contributed by atoms with Gasteiger partial charge < -0.3 is 9.80 Å². The summed E-state index contributed by atoms with van der Waals surface area (Å²) in [6.07, 6.45) is 2.34. The first-order valence-electron chi connectivity index (χ1n) is 9.79. The molecule has 1 aromatic heterocycles. The van der Waals surface area contributed by atoms with Gasteiger partial charge in [0, 0.05) is 37.6 Å². The van der Waals surface area contributed by atoms with Crippen LogP contribution in [0.1, 0.15) is 24.5 Å². The minimum absolute atomic E-state index is 0.228. The van der Waals surface area contributed by atoms with Crippen molar-refractivity contribution in [2.24, 2.45) is 0 Å². The Morgan fingerprint density at radius 3 is 2.50 bits per heavy atom. The Bertz CT molecular complexity index is 962. The van der Waals surface area contributed by atoms with Gasteiger partial charge in [-0.15, -0.1) is 0 Å². The highest BCUT2D eigenvalue weighted by atomic mass is 35.5. The predicted molar refractivity (Wildman–Crippen MR) is 118 cm³/mol. The maximum Gasteiger partial charge on any atom is 0.223 e. The zero-order chi connectivity index (χ0) is 19.5. The van der Waals surface area contributed by atoms with E-state index in [0.29, 0.717) is 6.42 Å². The molecule has 1 aliphatic rings. The minimum atomic E-state index is 0.228. The maximum absolute atomic E-state index is 12.6. The van der Waals surface area contributed by atoms with Crippen LogP contribution in [0.3, 0.4) is 0 Å². The van der Waals surface area contributed by atoms with E-state index >= 15 is 0 Å². The van der Waals surface area contributed by atoms with Crippen LogP contribution < -0.4 is 4.90 Å². The first-order chi connectivity index (χ1) is 13.6. The molecule has 0 saturated carbocycles. The molecule has 6 heteroatoms. The van der Waals surface area contributed by atoms with E-state index < -0.39 is 0 Å². The summed E-state index contributed by atoms with van der Waals surface area (Å²) in [6, 6.07) is 14.2. The summed E-state index contributed by atoms with van der Waals surface area (Å²) in [5, 5.41) is 1.79. The van der Waals surface area contributed by atoms with E-state index in [2.05, 4.69) is 30.0 Å². The highest BCUT2D eigenvalue weighted by molar-refractivity contribution is 7.22. The van der Waals surface area contributed by atoms with Crippen LogP contribution in [0.25, 0.3) is 10.2 Å². The Kier molecular flexibility index (Phi) is 5.83. The third kappa shape index (κ3) is 4.31. The second-order valence-electron chi connectivity index (χ2n) is 7.15. The number of aryl methyl sites for hydroxylation is 2. The number of hydrogen-bond acceptors (Lipinski definition) is 4. The van der Waals surface area contributed by atoms with E-state index in [9.17, 15) is 4.79 Å².